The van der Waals surface area contributed by atoms with Gasteiger partial charge in [-0.25, -0.2) is 13.4 Å². The fourth-order valence-electron chi connectivity index (χ4n) is 2.19. The van der Waals surface area contributed by atoms with Crippen molar-refractivity contribution in [2.45, 2.75) is 23.8 Å². The largest absolute Gasteiger partial charge is 0.394 e. The summed E-state index contributed by atoms with van der Waals surface area (Å²) >= 11 is 0. The van der Waals surface area contributed by atoms with Crippen molar-refractivity contribution in [3.63, 3.8) is 0 Å². The molecule has 1 aliphatic heterocycles. The molecule has 1 atom stereocenters. The normalized spacial score (nSPS) is 20.8. The van der Waals surface area contributed by atoms with Gasteiger partial charge in [0, 0.05) is 19.0 Å². The minimum atomic E-state index is -3.29. The lowest BCUT2D eigenvalue weighted by Crippen LogP contribution is -2.33. The lowest BCUT2D eigenvalue weighted by molar-refractivity contribution is 0.265. The monoisotopic (exact) mass is 256 g/mol. The number of rotatable bonds is 3. The first-order valence-corrected chi connectivity index (χ1v) is 7.46. The van der Waals surface area contributed by atoms with Gasteiger partial charge in [-0.15, -0.1) is 0 Å². The Bertz CT molecular complexity index is 501. The highest BCUT2D eigenvalue weighted by Gasteiger charge is 2.28. The molecule has 0 bridgehead atoms. The zero-order valence-electron chi connectivity index (χ0n) is 9.70. The van der Waals surface area contributed by atoms with Gasteiger partial charge in [0.15, 0.2) is 9.84 Å². The first kappa shape index (κ1) is 12.3. The lowest BCUT2D eigenvalue weighted by Gasteiger charge is -2.25. The van der Waals surface area contributed by atoms with Crippen LogP contribution in [0, 0.1) is 0 Å². The molecule has 5 nitrogen and oxygen atoms in total. The number of nitrogens with zero attached hydrogens (tertiary/aromatic N) is 2. The van der Waals surface area contributed by atoms with Crippen LogP contribution in [-0.4, -0.2) is 44.0 Å². The van der Waals surface area contributed by atoms with Gasteiger partial charge in [-0.3, -0.25) is 0 Å². The second-order valence-electron chi connectivity index (χ2n) is 4.27. The van der Waals surface area contributed by atoms with Crippen molar-refractivity contribution in [1.29, 1.82) is 0 Å². The minimum Gasteiger partial charge on any atom is -0.394 e. The number of anilines is 1. The van der Waals surface area contributed by atoms with Crippen LogP contribution in [0.4, 0.5) is 5.82 Å². The predicted octanol–water partition coefficient (Wildman–Crippen LogP) is 0.446. The van der Waals surface area contributed by atoms with E-state index in [9.17, 15) is 13.5 Å². The maximum atomic E-state index is 11.7. The molecule has 6 heteroatoms. The van der Waals surface area contributed by atoms with Gasteiger partial charge >= 0.3 is 0 Å². The molecule has 1 unspecified atom stereocenters. The molecule has 2 heterocycles. The van der Waals surface area contributed by atoms with Gasteiger partial charge < -0.3 is 10.0 Å². The summed E-state index contributed by atoms with van der Waals surface area (Å²) in [6, 6.07) is 3.15. The average molecular weight is 256 g/mol. The Morgan fingerprint density at radius 2 is 2.35 bits per heavy atom. The van der Waals surface area contributed by atoms with Gasteiger partial charge in [-0.2, -0.15) is 0 Å². The maximum absolute atomic E-state index is 11.7. The fraction of sp³-hybridized carbons (Fsp3) is 0.545. The zero-order chi connectivity index (χ0) is 12.5. The van der Waals surface area contributed by atoms with Crippen LogP contribution >= 0.6 is 0 Å². The van der Waals surface area contributed by atoms with Crippen LogP contribution in [0.25, 0.3) is 0 Å². The number of sulfone groups is 1. The van der Waals surface area contributed by atoms with Gasteiger partial charge in [-0.1, -0.05) is 0 Å². The summed E-state index contributed by atoms with van der Waals surface area (Å²) in [7, 11) is -3.29. The van der Waals surface area contributed by atoms with Crippen LogP contribution in [0.1, 0.15) is 12.8 Å². The molecule has 94 valence electrons. The second-order valence-corrected chi connectivity index (χ2v) is 6.25. The van der Waals surface area contributed by atoms with Gasteiger partial charge in [-0.05, 0) is 25.0 Å². The van der Waals surface area contributed by atoms with E-state index in [4.69, 9.17) is 0 Å². The highest BCUT2D eigenvalue weighted by molar-refractivity contribution is 7.90. The molecule has 0 amide bonds. The van der Waals surface area contributed by atoms with Crippen LogP contribution in [0.2, 0.25) is 0 Å². The van der Waals surface area contributed by atoms with E-state index in [-0.39, 0.29) is 17.5 Å². The SMILES string of the molecule is CS(=O)(=O)c1cccnc1N1CCCC1CO. The van der Waals surface area contributed by atoms with Crippen molar-refractivity contribution in [3.05, 3.63) is 18.3 Å². The molecule has 0 aliphatic carbocycles. The van der Waals surface area contributed by atoms with Gasteiger partial charge in [0.1, 0.15) is 10.7 Å². The molecule has 17 heavy (non-hydrogen) atoms. The molecule has 2 rings (SSSR count). The van der Waals surface area contributed by atoms with Crippen molar-refractivity contribution in [3.8, 4) is 0 Å². The number of hydrogen-bond donors (Lipinski definition) is 1. The van der Waals surface area contributed by atoms with E-state index in [0.29, 0.717) is 5.82 Å². The third-order valence-electron chi connectivity index (χ3n) is 3.01. The van der Waals surface area contributed by atoms with E-state index in [0.717, 1.165) is 19.4 Å². The molecular weight excluding hydrogens is 240 g/mol. The molecule has 0 aromatic carbocycles. The third kappa shape index (κ3) is 2.42. The van der Waals surface area contributed by atoms with E-state index >= 15 is 0 Å². The smallest absolute Gasteiger partial charge is 0.179 e. The van der Waals surface area contributed by atoms with Crippen LogP contribution in [0.5, 0.6) is 0 Å². The summed E-state index contributed by atoms with van der Waals surface area (Å²) in [5.74, 6) is 0.464. The van der Waals surface area contributed by atoms with Crippen LogP contribution in [-0.2, 0) is 9.84 Å². The van der Waals surface area contributed by atoms with Crippen molar-refractivity contribution >= 4 is 15.7 Å². The van der Waals surface area contributed by atoms with Gasteiger partial charge in [0.2, 0.25) is 0 Å². The van der Waals surface area contributed by atoms with Crippen LogP contribution in [0.3, 0.4) is 0 Å². The molecule has 0 spiro atoms. The molecule has 0 radical (unpaired) electrons. The van der Waals surface area contributed by atoms with E-state index in [1.807, 2.05) is 4.90 Å². The third-order valence-corrected chi connectivity index (χ3v) is 4.13. The molecule has 0 saturated carbocycles. The number of aliphatic hydroxyl groups excluding tert-OH is 1. The summed E-state index contributed by atoms with van der Waals surface area (Å²) < 4.78 is 23.4. The number of aliphatic hydroxyl groups is 1. The average Bonchev–Trinajstić information content (AvgIpc) is 2.75. The summed E-state index contributed by atoms with van der Waals surface area (Å²) in [6.07, 6.45) is 4.58. The predicted molar refractivity (Wildman–Crippen MR) is 64.8 cm³/mol. The Morgan fingerprint density at radius 1 is 1.59 bits per heavy atom. The van der Waals surface area contributed by atoms with Crippen molar-refractivity contribution in [2.24, 2.45) is 0 Å². The van der Waals surface area contributed by atoms with E-state index in [1.54, 1.807) is 18.3 Å². The van der Waals surface area contributed by atoms with E-state index < -0.39 is 9.84 Å². The Hall–Kier alpha value is -1.14. The van der Waals surface area contributed by atoms with Crippen LogP contribution < -0.4 is 4.90 Å². The van der Waals surface area contributed by atoms with Crippen molar-refractivity contribution in [1.82, 2.24) is 4.98 Å². The quantitative estimate of drug-likeness (QED) is 0.850. The molecule has 1 fully saturated rings. The first-order chi connectivity index (χ1) is 8.04. The summed E-state index contributed by atoms with van der Waals surface area (Å²) in [4.78, 5) is 6.28. The second kappa shape index (κ2) is 4.62. The molecular formula is C11H16N2O3S. The lowest BCUT2D eigenvalue weighted by atomic mass is 10.2. The molecule has 1 aliphatic rings. The minimum absolute atomic E-state index is 0.0228. The molecule has 1 N–H and O–H groups in total. The maximum Gasteiger partial charge on any atom is 0.179 e. The van der Waals surface area contributed by atoms with Crippen molar-refractivity contribution < 1.29 is 13.5 Å². The zero-order valence-corrected chi connectivity index (χ0v) is 10.5. The summed E-state index contributed by atoms with van der Waals surface area (Å²) in [5, 5.41) is 9.27. The van der Waals surface area contributed by atoms with Crippen LogP contribution in [0.15, 0.2) is 23.2 Å². The Labute approximate surface area is 101 Å². The van der Waals surface area contributed by atoms with E-state index in [2.05, 4.69) is 4.98 Å². The van der Waals surface area contributed by atoms with Gasteiger partial charge in [0.25, 0.3) is 0 Å². The number of aromatic nitrogens is 1. The Kier molecular flexibility index (Phi) is 3.35. The standard InChI is InChI=1S/C11H16N2O3S/c1-17(15,16)10-5-2-6-12-11(10)13-7-3-4-9(13)8-14/h2,5-6,9,14H,3-4,7-8H2,1H3. The molecule has 1 aromatic heterocycles. The fourth-order valence-corrected chi connectivity index (χ4v) is 3.02. The summed E-state index contributed by atoms with van der Waals surface area (Å²) in [6.45, 7) is 0.768. The molecule has 1 aromatic rings. The highest BCUT2D eigenvalue weighted by Crippen LogP contribution is 2.28. The highest BCUT2D eigenvalue weighted by atomic mass is 32.2. The van der Waals surface area contributed by atoms with Crippen molar-refractivity contribution in [2.75, 3.05) is 24.3 Å². The Morgan fingerprint density at radius 3 is 3.00 bits per heavy atom. The summed E-state index contributed by atoms with van der Waals surface area (Å²) in [5.41, 5.74) is 0. The number of hydrogen-bond acceptors (Lipinski definition) is 5. The Balaban J connectivity index is 2.45. The van der Waals surface area contributed by atoms with Gasteiger partial charge in [0.05, 0.1) is 12.6 Å². The first-order valence-electron chi connectivity index (χ1n) is 5.56. The molecule has 1 saturated heterocycles. The topological polar surface area (TPSA) is 70.5 Å². The van der Waals surface area contributed by atoms with E-state index in [1.165, 1.54) is 6.26 Å². The number of pyridine rings is 1.